The van der Waals surface area contributed by atoms with Gasteiger partial charge in [0, 0.05) is 32.4 Å². The number of carbonyl (C=O) groups is 1. The molecule has 198 valence electrons. The molecule has 0 spiro atoms. The fourth-order valence-electron chi connectivity index (χ4n) is 5.04. The van der Waals surface area contributed by atoms with E-state index in [4.69, 9.17) is 9.97 Å². The van der Waals surface area contributed by atoms with Crippen molar-refractivity contribution in [2.24, 2.45) is 11.8 Å². The van der Waals surface area contributed by atoms with Crippen LogP contribution in [0.15, 0.2) is 42.5 Å². The molecule has 37 heavy (non-hydrogen) atoms. The average Bonchev–Trinajstić information content (AvgIpc) is 2.87. The lowest BCUT2D eigenvalue weighted by Gasteiger charge is -2.28. The third-order valence-corrected chi connectivity index (χ3v) is 7.12. The zero-order valence-corrected chi connectivity index (χ0v) is 21.1. The normalized spacial score (nSPS) is 18.1. The molecule has 1 heterocycles. The van der Waals surface area contributed by atoms with Crippen molar-refractivity contribution < 1.29 is 22.4 Å². The summed E-state index contributed by atoms with van der Waals surface area (Å²) < 4.78 is 52.2. The number of halogens is 4. The summed E-state index contributed by atoms with van der Waals surface area (Å²) in [6.45, 7) is 0.393. The van der Waals surface area contributed by atoms with Gasteiger partial charge in [-0.2, -0.15) is 13.2 Å². The highest BCUT2D eigenvalue weighted by atomic mass is 19.4. The number of fused-ring (bicyclic) bond motifs is 1. The minimum absolute atomic E-state index is 0.282. The summed E-state index contributed by atoms with van der Waals surface area (Å²) in [5.41, 5.74) is -0.518. The smallest absolute Gasteiger partial charge is 0.362 e. The number of aryl methyl sites for hydroxylation is 1. The molecule has 1 aliphatic rings. The van der Waals surface area contributed by atoms with Crippen LogP contribution in [-0.4, -0.2) is 36.5 Å². The molecule has 0 atom stereocenters. The van der Waals surface area contributed by atoms with E-state index in [0.717, 1.165) is 79.6 Å². The molecule has 1 aromatic heterocycles. The second kappa shape index (κ2) is 11.4. The molecule has 0 bridgehead atoms. The van der Waals surface area contributed by atoms with E-state index < -0.39 is 23.5 Å². The molecular formula is C28H32F4N4O. The Morgan fingerprint density at radius 3 is 2.41 bits per heavy atom. The van der Waals surface area contributed by atoms with E-state index in [9.17, 15) is 22.4 Å². The van der Waals surface area contributed by atoms with Crippen molar-refractivity contribution in [3.05, 3.63) is 65.2 Å². The zero-order valence-electron chi connectivity index (χ0n) is 21.1. The Kier molecular flexibility index (Phi) is 8.29. The van der Waals surface area contributed by atoms with Crippen LogP contribution in [0.1, 0.15) is 60.3 Å². The molecule has 0 aliphatic heterocycles. The summed E-state index contributed by atoms with van der Waals surface area (Å²) in [7, 11) is 3.97. The molecule has 4 rings (SSSR count). The van der Waals surface area contributed by atoms with Crippen molar-refractivity contribution in [3.8, 4) is 0 Å². The molecule has 5 nitrogen and oxygen atoms in total. The predicted octanol–water partition coefficient (Wildman–Crippen LogP) is 6.41. The Morgan fingerprint density at radius 2 is 1.73 bits per heavy atom. The quantitative estimate of drug-likeness (QED) is 0.352. The summed E-state index contributed by atoms with van der Waals surface area (Å²) in [4.78, 5) is 23.8. The maximum Gasteiger partial charge on any atom is 0.416 e. The van der Waals surface area contributed by atoms with Gasteiger partial charge in [-0.3, -0.25) is 4.79 Å². The van der Waals surface area contributed by atoms with Gasteiger partial charge in [0.1, 0.15) is 17.5 Å². The van der Waals surface area contributed by atoms with Crippen LogP contribution in [0.2, 0.25) is 0 Å². The number of rotatable bonds is 8. The fraction of sp³-hybridized carbons (Fsp3) is 0.464. The fourth-order valence-corrected chi connectivity index (χ4v) is 5.04. The van der Waals surface area contributed by atoms with Crippen LogP contribution in [0.5, 0.6) is 0 Å². The van der Waals surface area contributed by atoms with Crippen LogP contribution in [0.3, 0.4) is 0 Å². The summed E-state index contributed by atoms with van der Waals surface area (Å²) in [6, 6.07) is 10.0. The predicted molar refractivity (Wildman–Crippen MR) is 136 cm³/mol. The average molecular weight is 517 g/mol. The first-order valence-corrected chi connectivity index (χ1v) is 12.7. The van der Waals surface area contributed by atoms with Gasteiger partial charge in [-0.05, 0) is 61.4 Å². The first kappa shape index (κ1) is 26.8. The highest BCUT2D eigenvalue weighted by Gasteiger charge is 2.32. The topological polar surface area (TPSA) is 58.1 Å². The van der Waals surface area contributed by atoms with E-state index in [1.807, 2.05) is 43.3 Å². The van der Waals surface area contributed by atoms with Crippen molar-refractivity contribution in [3.63, 3.8) is 0 Å². The molecule has 1 amide bonds. The third kappa shape index (κ3) is 6.76. The molecule has 9 heteroatoms. The second-order valence-electron chi connectivity index (χ2n) is 10.1. The van der Waals surface area contributed by atoms with Gasteiger partial charge in [0.15, 0.2) is 0 Å². The number of hydrogen-bond donors (Lipinski definition) is 1. The third-order valence-electron chi connectivity index (χ3n) is 7.12. The molecule has 1 N–H and O–H groups in total. The van der Waals surface area contributed by atoms with Gasteiger partial charge in [0.05, 0.1) is 16.6 Å². The monoisotopic (exact) mass is 516 g/mol. The molecule has 1 aliphatic carbocycles. The SMILES string of the molecule is CN(C)c1nc(CCCC2CCC(CNC(=O)c3ccc(C(F)(F)F)cc3F)CC2)nc2ccccc12. The van der Waals surface area contributed by atoms with E-state index in [1.54, 1.807) is 0 Å². The number of anilines is 1. The van der Waals surface area contributed by atoms with E-state index in [0.29, 0.717) is 18.5 Å². The molecule has 1 fully saturated rings. The first-order chi connectivity index (χ1) is 17.6. The minimum atomic E-state index is -4.65. The van der Waals surface area contributed by atoms with Gasteiger partial charge in [0.25, 0.3) is 5.91 Å². The standard InChI is InChI=1S/C28H32F4N4O/c1-36(2)26-22-7-3-4-8-24(22)34-25(35-26)9-5-6-18-10-12-19(13-11-18)17-33-27(37)21-15-14-20(16-23(21)29)28(30,31)32/h3-4,7-8,14-16,18-19H,5-6,9-13,17H2,1-2H3,(H,33,37). The van der Waals surface area contributed by atoms with Crippen LogP contribution in [0, 0.1) is 17.7 Å². The molecule has 3 aromatic rings. The van der Waals surface area contributed by atoms with Crippen LogP contribution < -0.4 is 10.2 Å². The number of nitrogens with zero attached hydrogens (tertiary/aromatic N) is 3. The van der Waals surface area contributed by atoms with Gasteiger partial charge in [-0.1, -0.05) is 31.4 Å². The molecule has 0 saturated heterocycles. The summed E-state index contributed by atoms with van der Waals surface area (Å²) in [5, 5.41) is 3.74. The van der Waals surface area contributed by atoms with Gasteiger partial charge < -0.3 is 10.2 Å². The van der Waals surface area contributed by atoms with E-state index >= 15 is 0 Å². The van der Waals surface area contributed by atoms with Crippen molar-refractivity contribution >= 4 is 22.6 Å². The van der Waals surface area contributed by atoms with Crippen molar-refractivity contribution in [1.29, 1.82) is 0 Å². The van der Waals surface area contributed by atoms with Gasteiger partial charge in [-0.15, -0.1) is 0 Å². The van der Waals surface area contributed by atoms with Gasteiger partial charge in [0.2, 0.25) is 0 Å². The largest absolute Gasteiger partial charge is 0.416 e. The van der Waals surface area contributed by atoms with Crippen molar-refractivity contribution in [1.82, 2.24) is 15.3 Å². The number of benzene rings is 2. The molecule has 1 saturated carbocycles. The van der Waals surface area contributed by atoms with E-state index in [1.165, 1.54) is 0 Å². The Balaban J connectivity index is 1.22. The minimum Gasteiger partial charge on any atom is -0.362 e. The lowest BCUT2D eigenvalue weighted by molar-refractivity contribution is -0.137. The number of aromatic nitrogens is 2. The number of alkyl halides is 3. The highest BCUT2D eigenvalue weighted by Crippen LogP contribution is 2.32. The van der Waals surface area contributed by atoms with Gasteiger partial charge in [-0.25, -0.2) is 14.4 Å². The Labute approximate surface area is 214 Å². The Morgan fingerprint density at radius 1 is 1.03 bits per heavy atom. The van der Waals surface area contributed by atoms with Gasteiger partial charge >= 0.3 is 6.18 Å². The Hall–Kier alpha value is -3.23. The molecular weight excluding hydrogens is 484 g/mol. The zero-order chi connectivity index (χ0) is 26.6. The summed E-state index contributed by atoms with van der Waals surface area (Å²) >= 11 is 0. The van der Waals surface area contributed by atoms with Crippen LogP contribution in [-0.2, 0) is 12.6 Å². The van der Waals surface area contributed by atoms with Crippen LogP contribution >= 0.6 is 0 Å². The maximum atomic E-state index is 14.1. The lowest BCUT2D eigenvalue weighted by atomic mass is 9.80. The number of carbonyl (C=O) groups excluding carboxylic acids is 1. The first-order valence-electron chi connectivity index (χ1n) is 12.7. The lowest BCUT2D eigenvalue weighted by Crippen LogP contribution is -2.32. The van der Waals surface area contributed by atoms with Crippen LogP contribution in [0.4, 0.5) is 23.4 Å². The van der Waals surface area contributed by atoms with E-state index in [2.05, 4.69) is 5.32 Å². The molecule has 0 unspecified atom stereocenters. The number of hydrogen-bond acceptors (Lipinski definition) is 4. The van der Waals surface area contributed by atoms with Crippen molar-refractivity contribution in [2.75, 3.05) is 25.5 Å². The number of amides is 1. The molecule has 2 aromatic carbocycles. The van der Waals surface area contributed by atoms with E-state index in [-0.39, 0.29) is 11.5 Å². The molecule has 0 radical (unpaired) electrons. The highest BCUT2D eigenvalue weighted by molar-refractivity contribution is 5.94. The number of nitrogens with one attached hydrogen (secondary N) is 1. The summed E-state index contributed by atoms with van der Waals surface area (Å²) in [5.74, 6) is 0.829. The number of para-hydroxylation sites is 1. The van der Waals surface area contributed by atoms with Crippen molar-refractivity contribution in [2.45, 2.75) is 51.1 Å². The second-order valence-corrected chi connectivity index (χ2v) is 10.1. The maximum absolute atomic E-state index is 14.1. The Bertz CT molecular complexity index is 1240. The summed E-state index contributed by atoms with van der Waals surface area (Å²) in [6.07, 6.45) is 2.28. The van der Waals surface area contributed by atoms with Crippen LogP contribution in [0.25, 0.3) is 10.9 Å².